The minimum atomic E-state index is -0.161. The third kappa shape index (κ3) is 4.89. The van der Waals surface area contributed by atoms with Gasteiger partial charge in [0.05, 0.1) is 19.2 Å². The van der Waals surface area contributed by atoms with Crippen molar-refractivity contribution in [3.63, 3.8) is 0 Å². The first-order valence-electron chi connectivity index (χ1n) is 10.1. The molecule has 2 aliphatic heterocycles. The van der Waals surface area contributed by atoms with Gasteiger partial charge in [0.1, 0.15) is 0 Å². The van der Waals surface area contributed by atoms with Crippen LogP contribution in [-0.4, -0.2) is 70.8 Å². The van der Waals surface area contributed by atoms with Gasteiger partial charge < -0.3 is 9.64 Å². The quantitative estimate of drug-likeness (QED) is 0.708. The number of ether oxygens (including phenoxy) is 1. The van der Waals surface area contributed by atoms with Gasteiger partial charge in [-0.05, 0) is 45.2 Å². The second-order valence-corrected chi connectivity index (χ2v) is 7.88. The molecule has 7 nitrogen and oxygen atoms in total. The molecule has 2 aliphatic rings. The van der Waals surface area contributed by atoms with Crippen molar-refractivity contribution in [2.45, 2.75) is 58.5 Å². The summed E-state index contributed by atoms with van der Waals surface area (Å²) in [6, 6.07) is 2.41. The summed E-state index contributed by atoms with van der Waals surface area (Å²) in [7, 11) is 1.44. The summed E-state index contributed by atoms with van der Waals surface area (Å²) in [6.45, 7) is 7.99. The smallest absolute Gasteiger partial charge is 0.306 e. The van der Waals surface area contributed by atoms with E-state index >= 15 is 0 Å². The largest absolute Gasteiger partial charge is 0.469 e. The molecule has 0 aromatic carbocycles. The molecular formula is C20H32N4O3. The molecule has 2 fully saturated rings. The van der Waals surface area contributed by atoms with E-state index in [1.807, 2.05) is 29.5 Å². The van der Waals surface area contributed by atoms with E-state index in [0.29, 0.717) is 31.3 Å². The van der Waals surface area contributed by atoms with Gasteiger partial charge in [0.2, 0.25) is 5.91 Å². The van der Waals surface area contributed by atoms with Crippen molar-refractivity contribution in [3.8, 4) is 0 Å². The maximum atomic E-state index is 12.8. The number of hydrogen-bond acceptors (Lipinski definition) is 5. The molecule has 2 atom stereocenters. The highest BCUT2D eigenvalue weighted by Gasteiger charge is 2.39. The molecule has 1 aromatic rings. The van der Waals surface area contributed by atoms with Crippen LogP contribution in [0.15, 0.2) is 6.07 Å². The molecule has 7 heteroatoms. The molecule has 150 valence electrons. The summed E-state index contributed by atoms with van der Waals surface area (Å²) in [4.78, 5) is 28.7. The lowest BCUT2D eigenvalue weighted by molar-refractivity contribution is -0.141. The Labute approximate surface area is 161 Å². The monoisotopic (exact) mass is 376 g/mol. The molecule has 0 N–H and O–H groups in total. The topological polar surface area (TPSA) is 67.7 Å². The van der Waals surface area contributed by atoms with Gasteiger partial charge in [0.15, 0.2) is 0 Å². The zero-order valence-corrected chi connectivity index (χ0v) is 16.8. The fourth-order valence-electron chi connectivity index (χ4n) is 4.52. The SMILES string of the molecule is COC(=O)CCN1CCCC[C@H]2CN(C(=O)CCn3nc(C)cc3C)C[C@H]21. The Kier molecular flexibility index (Phi) is 6.52. The normalized spacial score (nSPS) is 23.1. The molecule has 1 aromatic heterocycles. The van der Waals surface area contributed by atoms with E-state index in [1.165, 1.54) is 26.4 Å². The summed E-state index contributed by atoms with van der Waals surface area (Å²) in [6.07, 6.45) is 4.44. The standard InChI is InChI=1S/C20H32N4O3/c1-15-12-16(2)24(21-15)11-7-19(25)23-13-17-6-4-5-9-22(18(17)14-23)10-8-20(26)27-3/h12,17-18H,4-11,13-14H2,1-3H3/t17-,18+/m0/s1. The summed E-state index contributed by atoms with van der Waals surface area (Å²) >= 11 is 0. The molecule has 0 bridgehead atoms. The number of aryl methyl sites for hydroxylation is 3. The molecule has 0 aliphatic carbocycles. The van der Waals surface area contributed by atoms with Gasteiger partial charge in [0.25, 0.3) is 0 Å². The Hall–Kier alpha value is -1.89. The van der Waals surface area contributed by atoms with Gasteiger partial charge in [-0.25, -0.2) is 0 Å². The lowest BCUT2D eigenvalue weighted by Crippen LogP contribution is -2.42. The zero-order valence-electron chi connectivity index (χ0n) is 16.8. The van der Waals surface area contributed by atoms with Crippen LogP contribution in [0.25, 0.3) is 0 Å². The highest BCUT2D eigenvalue weighted by atomic mass is 16.5. The van der Waals surface area contributed by atoms with Gasteiger partial charge in [-0.1, -0.05) is 6.42 Å². The average molecular weight is 377 g/mol. The third-order valence-corrected chi connectivity index (χ3v) is 5.97. The fourth-order valence-corrected chi connectivity index (χ4v) is 4.52. The Morgan fingerprint density at radius 1 is 1.19 bits per heavy atom. The molecule has 0 spiro atoms. The van der Waals surface area contributed by atoms with Crippen LogP contribution in [0.2, 0.25) is 0 Å². The van der Waals surface area contributed by atoms with E-state index in [2.05, 4.69) is 10.00 Å². The van der Waals surface area contributed by atoms with Gasteiger partial charge in [-0.3, -0.25) is 19.2 Å². The number of carbonyl (C=O) groups excluding carboxylic acids is 2. The molecule has 3 heterocycles. The van der Waals surface area contributed by atoms with Crippen LogP contribution in [0.1, 0.15) is 43.5 Å². The van der Waals surface area contributed by atoms with Crippen LogP contribution in [0.5, 0.6) is 0 Å². The van der Waals surface area contributed by atoms with E-state index in [0.717, 1.165) is 37.6 Å². The van der Waals surface area contributed by atoms with Gasteiger partial charge in [-0.15, -0.1) is 0 Å². The van der Waals surface area contributed by atoms with Crippen LogP contribution in [0.4, 0.5) is 0 Å². The molecule has 1 amide bonds. The maximum Gasteiger partial charge on any atom is 0.306 e. The molecule has 0 saturated carbocycles. The first kappa shape index (κ1) is 19.9. The van der Waals surface area contributed by atoms with Crippen molar-refractivity contribution in [1.29, 1.82) is 0 Å². The van der Waals surface area contributed by atoms with Gasteiger partial charge in [-0.2, -0.15) is 5.10 Å². The number of methoxy groups -OCH3 is 1. The zero-order chi connectivity index (χ0) is 19.4. The highest BCUT2D eigenvalue weighted by molar-refractivity contribution is 5.76. The number of carbonyl (C=O) groups is 2. The van der Waals surface area contributed by atoms with E-state index in [-0.39, 0.29) is 11.9 Å². The summed E-state index contributed by atoms with van der Waals surface area (Å²) in [5.74, 6) is 0.568. The van der Waals surface area contributed by atoms with Crippen molar-refractivity contribution in [1.82, 2.24) is 19.6 Å². The molecule has 27 heavy (non-hydrogen) atoms. The average Bonchev–Trinajstić information content (AvgIpc) is 3.15. The van der Waals surface area contributed by atoms with Crippen molar-refractivity contribution >= 4 is 11.9 Å². The number of hydrogen-bond donors (Lipinski definition) is 0. The number of amides is 1. The third-order valence-electron chi connectivity index (χ3n) is 5.97. The van der Waals surface area contributed by atoms with Crippen molar-refractivity contribution in [2.24, 2.45) is 5.92 Å². The van der Waals surface area contributed by atoms with Gasteiger partial charge in [0, 0.05) is 44.3 Å². The second kappa shape index (κ2) is 8.87. The molecule has 0 radical (unpaired) electrons. The predicted molar refractivity (Wildman–Crippen MR) is 102 cm³/mol. The predicted octanol–water partition coefficient (Wildman–Crippen LogP) is 1.77. The minimum absolute atomic E-state index is 0.161. The maximum absolute atomic E-state index is 12.8. The van der Waals surface area contributed by atoms with E-state index < -0.39 is 0 Å². The van der Waals surface area contributed by atoms with E-state index in [4.69, 9.17) is 4.74 Å². The number of likely N-dealkylation sites (tertiary alicyclic amines) is 2. The Morgan fingerprint density at radius 3 is 2.70 bits per heavy atom. The molecular weight excluding hydrogens is 344 g/mol. The van der Waals surface area contributed by atoms with Crippen LogP contribution < -0.4 is 0 Å². The van der Waals surface area contributed by atoms with E-state index in [9.17, 15) is 9.59 Å². The van der Waals surface area contributed by atoms with Crippen LogP contribution in [0, 0.1) is 19.8 Å². The van der Waals surface area contributed by atoms with Crippen LogP contribution in [0.3, 0.4) is 0 Å². The Bertz CT molecular complexity index is 672. The summed E-state index contributed by atoms with van der Waals surface area (Å²) < 4.78 is 6.71. The Morgan fingerprint density at radius 2 is 2.00 bits per heavy atom. The first-order chi connectivity index (χ1) is 13.0. The van der Waals surface area contributed by atoms with Crippen molar-refractivity contribution in [2.75, 3.05) is 33.3 Å². The molecule has 0 unspecified atom stereocenters. The van der Waals surface area contributed by atoms with Crippen molar-refractivity contribution < 1.29 is 14.3 Å². The molecule has 2 saturated heterocycles. The van der Waals surface area contributed by atoms with Crippen molar-refractivity contribution in [3.05, 3.63) is 17.5 Å². The first-order valence-corrected chi connectivity index (χ1v) is 10.1. The summed E-state index contributed by atoms with van der Waals surface area (Å²) in [5, 5.41) is 4.45. The van der Waals surface area contributed by atoms with Gasteiger partial charge >= 0.3 is 5.97 Å². The van der Waals surface area contributed by atoms with Crippen LogP contribution in [-0.2, 0) is 20.9 Å². The number of aromatic nitrogens is 2. The Balaban J connectivity index is 1.56. The lowest BCUT2D eigenvalue weighted by Gasteiger charge is -2.29. The second-order valence-electron chi connectivity index (χ2n) is 7.88. The highest BCUT2D eigenvalue weighted by Crippen LogP contribution is 2.30. The summed E-state index contributed by atoms with van der Waals surface area (Å²) in [5.41, 5.74) is 2.09. The number of rotatable bonds is 6. The minimum Gasteiger partial charge on any atom is -0.469 e. The number of esters is 1. The fraction of sp³-hybridized carbons (Fsp3) is 0.750. The lowest BCUT2D eigenvalue weighted by atomic mass is 9.98. The van der Waals surface area contributed by atoms with E-state index in [1.54, 1.807) is 0 Å². The van der Waals surface area contributed by atoms with Crippen LogP contribution >= 0.6 is 0 Å². The number of fused-ring (bicyclic) bond motifs is 1. The number of nitrogens with zero attached hydrogens (tertiary/aromatic N) is 4. The molecule has 3 rings (SSSR count).